The topological polar surface area (TPSA) is 48.1 Å². The third-order valence-corrected chi connectivity index (χ3v) is 9.46. The number of fused-ring (bicyclic) bond motifs is 6. The first-order valence-electron chi connectivity index (χ1n) is 15.4. The summed E-state index contributed by atoms with van der Waals surface area (Å²) >= 11 is 0. The molecule has 4 heterocycles. The molecule has 248 valence electrons. The van der Waals surface area contributed by atoms with Gasteiger partial charge in [-0.25, -0.2) is 8.78 Å². The van der Waals surface area contributed by atoms with Gasteiger partial charge in [-0.3, -0.25) is 0 Å². The van der Waals surface area contributed by atoms with Crippen molar-refractivity contribution in [2.24, 2.45) is 0 Å². The van der Waals surface area contributed by atoms with Crippen molar-refractivity contribution in [3.63, 3.8) is 0 Å². The van der Waals surface area contributed by atoms with Crippen LogP contribution in [0, 0.1) is 11.6 Å². The number of hydrogen-bond acceptors (Lipinski definition) is 4. The lowest BCUT2D eigenvalue weighted by atomic mass is 9.86. The molecule has 0 radical (unpaired) electrons. The van der Waals surface area contributed by atoms with Gasteiger partial charge in [0.1, 0.15) is 11.6 Å². The fourth-order valence-electron chi connectivity index (χ4n) is 7.53. The number of nitrogens with one attached hydrogen (secondary N) is 4. The largest absolute Gasteiger partial charge is 0.381 e. The third-order valence-electron chi connectivity index (χ3n) is 9.46. The van der Waals surface area contributed by atoms with Crippen molar-refractivity contribution in [2.45, 2.75) is 49.6 Å². The lowest BCUT2D eigenvalue weighted by Gasteiger charge is -2.18. The summed E-state index contributed by atoms with van der Waals surface area (Å²) in [4.78, 5) is 0. The lowest BCUT2D eigenvalue weighted by Crippen LogP contribution is -2.21. The van der Waals surface area contributed by atoms with E-state index in [0.29, 0.717) is 35.0 Å². The van der Waals surface area contributed by atoms with Gasteiger partial charge in [0.25, 0.3) is 0 Å². The van der Waals surface area contributed by atoms with E-state index < -0.39 is 0 Å². The standard InChI is InChI=1S/2C18H19FN2.4ClH/c2*19-15-6-2-1-4-12(15)13-5-3-7-17-18(13)14-8-10-20-11-9-16(14)21-17;;;;/h2*1-7,14,16,20-21H,8-11H2;4*1H/t2*14-,16+;;;;/m10..../s1. The van der Waals surface area contributed by atoms with Crippen molar-refractivity contribution in [1.29, 1.82) is 0 Å². The average Bonchev–Trinajstić information content (AvgIpc) is 3.33. The van der Waals surface area contributed by atoms with E-state index in [1.165, 1.54) is 22.5 Å². The summed E-state index contributed by atoms with van der Waals surface area (Å²) in [6.45, 7) is 4.18. The molecule has 0 aliphatic carbocycles. The minimum atomic E-state index is -0.138. The summed E-state index contributed by atoms with van der Waals surface area (Å²) < 4.78 is 28.4. The van der Waals surface area contributed by atoms with E-state index in [4.69, 9.17) is 0 Å². The molecule has 4 aromatic carbocycles. The Hall–Kier alpha value is -2.58. The van der Waals surface area contributed by atoms with Crippen LogP contribution in [0.5, 0.6) is 0 Å². The first-order valence-corrected chi connectivity index (χ1v) is 15.4. The fourth-order valence-corrected chi connectivity index (χ4v) is 7.53. The van der Waals surface area contributed by atoms with Gasteiger partial charge in [0.15, 0.2) is 0 Å². The van der Waals surface area contributed by atoms with E-state index in [-0.39, 0.29) is 61.3 Å². The Kier molecular flexibility index (Phi) is 14.0. The predicted molar refractivity (Wildman–Crippen MR) is 197 cm³/mol. The summed E-state index contributed by atoms with van der Waals surface area (Å²) in [5.41, 5.74) is 8.51. The maximum atomic E-state index is 14.2. The predicted octanol–water partition coefficient (Wildman–Crippen LogP) is 9.19. The Morgan fingerprint density at radius 3 is 1.22 bits per heavy atom. The van der Waals surface area contributed by atoms with Crippen LogP contribution in [0.4, 0.5) is 20.2 Å². The van der Waals surface area contributed by atoms with Gasteiger partial charge in [-0.1, -0.05) is 60.7 Å². The van der Waals surface area contributed by atoms with Crippen molar-refractivity contribution < 1.29 is 8.78 Å². The summed E-state index contributed by atoms with van der Waals surface area (Å²) in [5.74, 6) is 0.679. The molecule has 4 aromatic rings. The van der Waals surface area contributed by atoms with Crippen LogP contribution >= 0.6 is 49.6 Å². The van der Waals surface area contributed by atoms with E-state index in [1.54, 1.807) is 24.3 Å². The maximum absolute atomic E-state index is 14.2. The minimum Gasteiger partial charge on any atom is -0.381 e. The van der Waals surface area contributed by atoms with Crippen LogP contribution in [0.15, 0.2) is 84.9 Å². The summed E-state index contributed by atoms with van der Waals surface area (Å²) in [7, 11) is 0. The van der Waals surface area contributed by atoms with Crippen molar-refractivity contribution in [3.05, 3.63) is 108 Å². The molecule has 4 N–H and O–H groups in total. The van der Waals surface area contributed by atoms with Crippen molar-refractivity contribution >= 4 is 61.0 Å². The number of hydrogen-bond donors (Lipinski definition) is 4. The van der Waals surface area contributed by atoms with Crippen LogP contribution in [0.1, 0.15) is 48.6 Å². The molecule has 0 bridgehead atoms. The minimum absolute atomic E-state index is 0. The van der Waals surface area contributed by atoms with Gasteiger partial charge in [0.2, 0.25) is 0 Å². The second kappa shape index (κ2) is 17.0. The lowest BCUT2D eigenvalue weighted by molar-refractivity contribution is 0.578. The highest BCUT2D eigenvalue weighted by molar-refractivity contribution is 5.86. The molecule has 4 aliphatic rings. The second-order valence-corrected chi connectivity index (χ2v) is 11.9. The molecule has 0 unspecified atom stereocenters. The Morgan fingerprint density at radius 1 is 0.435 bits per heavy atom. The maximum Gasteiger partial charge on any atom is 0.131 e. The Morgan fingerprint density at radius 2 is 0.804 bits per heavy atom. The Labute approximate surface area is 295 Å². The van der Waals surface area contributed by atoms with Gasteiger partial charge in [0.05, 0.1) is 0 Å². The van der Waals surface area contributed by atoms with Crippen LogP contribution in [0.2, 0.25) is 0 Å². The summed E-state index contributed by atoms with van der Waals surface area (Å²) in [5, 5.41) is 14.2. The van der Waals surface area contributed by atoms with Crippen LogP contribution in [-0.4, -0.2) is 38.3 Å². The average molecular weight is 711 g/mol. The van der Waals surface area contributed by atoms with E-state index in [1.807, 2.05) is 36.4 Å². The molecule has 4 aliphatic heterocycles. The fraction of sp³-hybridized carbons (Fsp3) is 0.333. The molecule has 0 saturated carbocycles. The first kappa shape index (κ1) is 37.9. The quantitative estimate of drug-likeness (QED) is 0.168. The van der Waals surface area contributed by atoms with E-state index >= 15 is 0 Å². The molecule has 0 amide bonds. The molecular formula is C36H42Cl4F2N4. The Bertz CT molecular complexity index is 1470. The normalized spacial score (nSPS) is 21.8. The third kappa shape index (κ3) is 7.43. The SMILES string of the molecule is Cl.Cl.Cl.Cl.Fc1ccccc1-c1cccc2c1[C@@H]1CCNCC[C@@H]1N2.Fc1ccccc1-c1cccc2c1[C@H]1CCNCC[C@H]1N2. The molecule has 4 nitrogen and oxygen atoms in total. The Balaban J connectivity index is 0.000000230. The van der Waals surface area contributed by atoms with Crippen LogP contribution < -0.4 is 21.3 Å². The molecule has 4 atom stereocenters. The summed E-state index contributed by atoms with van der Waals surface area (Å²) in [6, 6.07) is 27.5. The zero-order valence-corrected chi connectivity index (χ0v) is 28.7. The zero-order valence-electron chi connectivity index (χ0n) is 25.4. The van der Waals surface area contributed by atoms with Crippen LogP contribution in [0.3, 0.4) is 0 Å². The number of halogens is 6. The first-order chi connectivity index (χ1) is 20.7. The van der Waals surface area contributed by atoms with Crippen molar-refractivity contribution in [2.75, 3.05) is 36.8 Å². The van der Waals surface area contributed by atoms with E-state index in [0.717, 1.165) is 63.0 Å². The number of rotatable bonds is 2. The van der Waals surface area contributed by atoms with Gasteiger partial charge < -0.3 is 21.3 Å². The molecule has 0 spiro atoms. The van der Waals surface area contributed by atoms with Crippen molar-refractivity contribution in [3.8, 4) is 22.3 Å². The molecule has 2 saturated heterocycles. The van der Waals surface area contributed by atoms with Gasteiger partial charge in [-0.2, -0.15) is 0 Å². The molecule has 0 aromatic heterocycles. The van der Waals surface area contributed by atoms with Gasteiger partial charge in [-0.15, -0.1) is 49.6 Å². The highest BCUT2D eigenvalue weighted by atomic mass is 35.5. The van der Waals surface area contributed by atoms with Gasteiger partial charge in [-0.05, 0) is 98.4 Å². The van der Waals surface area contributed by atoms with E-state index in [9.17, 15) is 8.78 Å². The highest BCUT2D eigenvalue weighted by Crippen LogP contribution is 2.47. The molecule has 2 fully saturated rings. The smallest absolute Gasteiger partial charge is 0.131 e. The van der Waals surface area contributed by atoms with Crippen LogP contribution in [-0.2, 0) is 0 Å². The zero-order chi connectivity index (χ0) is 28.5. The highest BCUT2D eigenvalue weighted by Gasteiger charge is 2.36. The number of anilines is 2. The van der Waals surface area contributed by atoms with Gasteiger partial charge >= 0.3 is 0 Å². The molecular weight excluding hydrogens is 668 g/mol. The van der Waals surface area contributed by atoms with Gasteiger partial charge in [0, 0.05) is 46.4 Å². The second-order valence-electron chi connectivity index (χ2n) is 11.9. The van der Waals surface area contributed by atoms with Crippen LogP contribution in [0.25, 0.3) is 22.3 Å². The van der Waals surface area contributed by atoms with E-state index in [2.05, 4.69) is 45.5 Å². The molecule has 8 rings (SSSR count). The van der Waals surface area contributed by atoms with Crippen molar-refractivity contribution in [1.82, 2.24) is 10.6 Å². The molecule has 10 heteroatoms. The monoisotopic (exact) mass is 708 g/mol. The number of benzene rings is 4. The molecule has 46 heavy (non-hydrogen) atoms. The summed E-state index contributed by atoms with van der Waals surface area (Å²) in [6.07, 6.45) is 4.46.